The predicted molar refractivity (Wildman–Crippen MR) is 110 cm³/mol. The molecule has 3 aromatic heterocycles. The van der Waals surface area contributed by atoms with Crippen LogP contribution in [0.25, 0.3) is 10.7 Å². The van der Waals surface area contributed by atoms with E-state index in [-0.39, 0.29) is 5.91 Å². The van der Waals surface area contributed by atoms with Gasteiger partial charge in [0.15, 0.2) is 0 Å². The summed E-state index contributed by atoms with van der Waals surface area (Å²) in [4.78, 5) is 15.3. The van der Waals surface area contributed by atoms with Crippen LogP contribution in [-0.2, 0) is 13.1 Å². The van der Waals surface area contributed by atoms with Crippen LogP contribution in [0.2, 0.25) is 0 Å². The summed E-state index contributed by atoms with van der Waals surface area (Å²) < 4.78 is 4.10. The van der Waals surface area contributed by atoms with Crippen molar-refractivity contribution in [2.75, 3.05) is 0 Å². The fourth-order valence-electron chi connectivity index (χ4n) is 3.88. The van der Waals surface area contributed by atoms with Crippen molar-refractivity contribution in [3.05, 3.63) is 88.3 Å². The monoisotopic (exact) mass is 388 g/mol. The fraction of sp³-hybridized carbons (Fsp3) is 0.182. The van der Waals surface area contributed by atoms with Gasteiger partial charge in [0, 0.05) is 23.5 Å². The molecular weight excluding hydrogens is 368 g/mol. The predicted octanol–water partition coefficient (Wildman–Crippen LogP) is 4.50. The minimum absolute atomic E-state index is 0.0690. The number of hydrogen-bond acceptors (Lipinski definition) is 3. The lowest BCUT2D eigenvalue weighted by Gasteiger charge is -2.18. The van der Waals surface area contributed by atoms with Crippen molar-refractivity contribution >= 4 is 17.2 Å². The van der Waals surface area contributed by atoms with Gasteiger partial charge in [0.1, 0.15) is 5.00 Å². The molecule has 0 spiro atoms. The number of aryl methyl sites for hydroxylation is 2. The Morgan fingerprint density at radius 2 is 1.75 bits per heavy atom. The summed E-state index contributed by atoms with van der Waals surface area (Å²) in [5.74, 6) is 0.0690. The number of carbonyl (C=O) groups is 1. The third-order valence-electron chi connectivity index (χ3n) is 5.29. The Labute approximate surface area is 167 Å². The number of carbonyl (C=O) groups excluding carboxylic acids is 1. The maximum absolute atomic E-state index is 13.4. The summed E-state index contributed by atoms with van der Waals surface area (Å²) in [6.07, 6.45) is 1.88. The Balaban J connectivity index is 1.46. The summed E-state index contributed by atoms with van der Waals surface area (Å²) >= 11 is 1.61. The minimum Gasteiger partial charge on any atom is -0.328 e. The number of amides is 1. The van der Waals surface area contributed by atoms with E-state index in [1.165, 1.54) is 0 Å². The van der Waals surface area contributed by atoms with Gasteiger partial charge in [-0.15, -0.1) is 11.3 Å². The van der Waals surface area contributed by atoms with Crippen LogP contribution in [0.5, 0.6) is 0 Å². The topological polar surface area (TPSA) is 43.1 Å². The van der Waals surface area contributed by atoms with Crippen LogP contribution >= 0.6 is 11.3 Å². The van der Waals surface area contributed by atoms with Gasteiger partial charge in [0.25, 0.3) is 5.91 Å². The van der Waals surface area contributed by atoms with Crippen LogP contribution in [0.3, 0.4) is 0 Å². The summed E-state index contributed by atoms with van der Waals surface area (Å²) in [6, 6.07) is 16.2. The highest BCUT2D eigenvalue weighted by Crippen LogP contribution is 2.31. The van der Waals surface area contributed by atoms with Crippen LogP contribution in [0.4, 0.5) is 0 Å². The van der Waals surface area contributed by atoms with Crippen LogP contribution < -0.4 is 0 Å². The molecule has 4 heterocycles. The average molecular weight is 388 g/mol. The van der Waals surface area contributed by atoms with Crippen molar-refractivity contribution < 1.29 is 4.79 Å². The first kappa shape index (κ1) is 17.0. The third kappa shape index (κ3) is 2.60. The van der Waals surface area contributed by atoms with E-state index in [9.17, 15) is 4.79 Å². The molecular formula is C22H20N4OS. The van der Waals surface area contributed by atoms with Crippen molar-refractivity contribution in [3.8, 4) is 10.7 Å². The molecule has 5 nitrogen and oxygen atoms in total. The van der Waals surface area contributed by atoms with E-state index in [1.54, 1.807) is 11.3 Å². The quantitative estimate of drug-likeness (QED) is 0.519. The molecule has 1 amide bonds. The Kier molecular flexibility index (Phi) is 3.94. The molecule has 6 heteroatoms. The number of fused-ring (bicyclic) bond motifs is 1. The van der Waals surface area contributed by atoms with Gasteiger partial charge in [-0.05, 0) is 49.6 Å². The molecule has 0 N–H and O–H groups in total. The van der Waals surface area contributed by atoms with E-state index < -0.39 is 0 Å². The first-order valence-corrected chi connectivity index (χ1v) is 10.1. The number of thiophene rings is 1. The van der Waals surface area contributed by atoms with Gasteiger partial charge in [-0.25, -0.2) is 4.68 Å². The van der Waals surface area contributed by atoms with Crippen LogP contribution in [0.15, 0.2) is 60.1 Å². The van der Waals surface area contributed by atoms with Gasteiger partial charge in [-0.3, -0.25) is 4.79 Å². The van der Waals surface area contributed by atoms with E-state index >= 15 is 0 Å². The van der Waals surface area contributed by atoms with Crippen molar-refractivity contribution in [2.45, 2.75) is 26.9 Å². The van der Waals surface area contributed by atoms with Crippen molar-refractivity contribution in [1.82, 2.24) is 19.2 Å². The molecule has 0 unspecified atom stereocenters. The highest BCUT2D eigenvalue weighted by atomic mass is 32.1. The summed E-state index contributed by atoms with van der Waals surface area (Å²) in [6.45, 7) is 5.31. The van der Waals surface area contributed by atoms with E-state index in [4.69, 9.17) is 0 Å². The lowest BCUT2D eigenvalue weighted by molar-refractivity contribution is 0.0749. The Hall–Kier alpha value is -3.12. The average Bonchev–Trinajstić information content (AvgIpc) is 3.46. The number of benzene rings is 1. The van der Waals surface area contributed by atoms with E-state index in [2.05, 4.69) is 35.6 Å². The van der Waals surface area contributed by atoms with Crippen LogP contribution in [0.1, 0.15) is 33.0 Å². The van der Waals surface area contributed by atoms with Gasteiger partial charge >= 0.3 is 0 Å². The number of hydrogen-bond donors (Lipinski definition) is 0. The Morgan fingerprint density at radius 3 is 2.50 bits per heavy atom. The molecule has 0 bridgehead atoms. The Morgan fingerprint density at radius 1 is 1.00 bits per heavy atom. The highest BCUT2D eigenvalue weighted by molar-refractivity contribution is 7.13. The number of rotatable bonds is 3. The number of aromatic nitrogens is 3. The molecule has 0 radical (unpaired) electrons. The zero-order valence-corrected chi connectivity index (χ0v) is 16.6. The highest BCUT2D eigenvalue weighted by Gasteiger charge is 2.30. The van der Waals surface area contributed by atoms with Crippen molar-refractivity contribution in [2.24, 2.45) is 0 Å². The summed E-state index contributed by atoms with van der Waals surface area (Å²) in [7, 11) is 0. The standard InChI is InChI=1S/C22H20N4OS/c1-15-8-9-16(2)25(15)22-19(10-11-28-22)21(27)24-13-17-12-23-26(20(17)14-24)18-6-4-3-5-7-18/h3-12H,13-14H2,1-2H3. The lowest BCUT2D eigenvalue weighted by Crippen LogP contribution is -2.26. The molecule has 0 fully saturated rings. The fourth-order valence-corrected chi connectivity index (χ4v) is 4.89. The van der Waals surface area contributed by atoms with E-state index in [0.29, 0.717) is 13.1 Å². The maximum Gasteiger partial charge on any atom is 0.257 e. The van der Waals surface area contributed by atoms with Crippen molar-refractivity contribution in [1.29, 1.82) is 0 Å². The zero-order valence-electron chi connectivity index (χ0n) is 15.8. The molecule has 1 aromatic carbocycles. The number of para-hydroxylation sites is 1. The van der Waals surface area contributed by atoms with Crippen molar-refractivity contribution in [3.63, 3.8) is 0 Å². The molecule has 0 saturated carbocycles. The van der Waals surface area contributed by atoms with Gasteiger partial charge < -0.3 is 9.47 Å². The smallest absolute Gasteiger partial charge is 0.257 e. The second-order valence-electron chi connectivity index (χ2n) is 7.12. The second kappa shape index (κ2) is 6.49. The molecule has 140 valence electrons. The largest absolute Gasteiger partial charge is 0.328 e. The SMILES string of the molecule is Cc1ccc(C)n1-c1sccc1C(=O)N1Cc2cnn(-c3ccccc3)c2C1. The molecule has 0 atom stereocenters. The first-order valence-electron chi connectivity index (χ1n) is 9.27. The molecule has 28 heavy (non-hydrogen) atoms. The van der Waals surface area contributed by atoms with Gasteiger partial charge in [-0.2, -0.15) is 5.10 Å². The molecule has 5 rings (SSSR count). The maximum atomic E-state index is 13.4. The minimum atomic E-state index is 0.0690. The first-order chi connectivity index (χ1) is 13.6. The normalized spacial score (nSPS) is 13.1. The molecule has 4 aromatic rings. The van der Waals surface area contributed by atoms with Gasteiger partial charge in [0.2, 0.25) is 0 Å². The summed E-state index contributed by atoms with van der Waals surface area (Å²) in [5, 5.41) is 7.51. The van der Waals surface area contributed by atoms with E-state index in [0.717, 1.165) is 38.9 Å². The van der Waals surface area contributed by atoms with E-state index in [1.807, 2.05) is 57.6 Å². The molecule has 0 aliphatic carbocycles. The van der Waals surface area contributed by atoms with Crippen LogP contribution in [0, 0.1) is 13.8 Å². The molecule has 1 aliphatic rings. The molecule has 0 saturated heterocycles. The lowest BCUT2D eigenvalue weighted by atomic mass is 10.2. The van der Waals surface area contributed by atoms with Gasteiger partial charge in [0.05, 0.1) is 29.7 Å². The summed E-state index contributed by atoms with van der Waals surface area (Å²) in [5.41, 5.74) is 6.26. The van der Waals surface area contributed by atoms with Gasteiger partial charge in [-0.1, -0.05) is 18.2 Å². The molecule has 1 aliphatic heterocycles. The second-order valence-corrected chi connectivity index (χ2v) is 8.01. The zero-order chi connectivity index (χ0) is 19.3. The van der Waals surface area contributed by atoms with Crippen LogP contribution in [-0.4, -0.2) is 25.2 Å². The number of nitrogens with zero attached hydrogens (tertiary/aromatic N) is 4. The Bertz CT molecular complexity index is 1150. The third-order valence-corrected chi connectivity index (χ3v) is 6.19.